The molecule has 10 heavy (non-hydrogen) atoms. The first-order valence-corrected chi connectivity index (χ1v) is 3.60. The number of aliphatic hydroxyl groups is 3. The lowest BCUT2D eigenvalue weighted by molar-refractivity contribution is -0.219. The van der Waals surface area contributed by atoms with Crippen LogP contribution in [0.2, 0.25) is 0 Å². The van der Waals surface area contributed by atoms with Crippen molar-refractivity contribution in [3.63, 3.8) is 0 Å². The highest BCUT2D eigenvalue weighted by molar-refractivity contribution is 4.70. The fourth-order valence-corrected chi connectivity index (χ4v) is 0.820. The zero-order valence-corrected chi connectivity index (χ0v) is 6.54. The van der Waals surface area contributed by atoms with E-state index in [4.69, 9.17) is 15.3 Å². The second-order valence-corrected chi connectivity index (χ2v) is 2.73. The predicted octanol–water partition coefficient (Wildman–Crippen LogP) is 0.0958. The zero-order chi connectivity index (χ0) is 8.20. The summed E-state index contributed by atoms with van der Waals surface area (Å²) in [6.07, 6.45) is 1.61. The molecule has 0 aromatic carbocycles. The van der Waals surface area contributed by atoms with Crippen LogP contribution >= 0.6 is 0 Å². The van der Waals surface area contributed by atoms with Gasteiger partial charge in [0.15, 0.2) is 5.79 Å². The molecule has 0 heterocycles. The Labute approximate surface area is 61.3 Å². The second-order valence-electron chi connectivity index (χ2n) is 2.73. The average molecular weight is 148 g/mol. The molecule has 0 aromatic heterocycles. The molecule has 0 aromatic rings. The van der Waals surface area contributed by atoms with E-state index in [1.165, 1.54) is 0 Å². The van der Waals surface area contributed by atoms with E-state index in [0.29, 0.717) is 6.42 Å². The molecule has 0 radical (unpaired) electrons. The SMILES string of the molecule is CCCC(C)C(O)(O)CO. The van der Waals surface area contributed by atoms with Gasteiger partial charge in [-0.2, -0.15) is 0 Å². The molecule has 3 nitrogen and oxygen atoms in total. The third-order valence-corrected chi connectivity index (χ3v) is 1.74. The van der Waals surface area contributed by atoms with Gasteiger partial charge in [-0.1, -0.05) is 20.3 Å². The molecule has 0 fully saturated rings. The van der Waals surface area contributed by atoms with E-state index in [2.05, 4.69) is 0 Å². The minimum Gasteiger partial charge on any atom is -0.391 e. The van der Waals surface area contributed by atoms with Crippen molar-refractivity contribution in [1.82, 2.24) is 0 Å². The van der Waals surface area contributed by atoms with Gasteiger partial charge in [-0.05, 0) is 6.42 Å². The Hall–Kier alpha value is -0.120. The molecule has 0 bridgehead atoms. The van der Waals surface area contributed by atoms with Gasteiger partial charge >= 0.3 is 0 Å². The van der Waals surface area contributed by atoms with E-state index in [9.17, 15) is 0 Å². The van der Waals surface area contributed by atoms with Crippen molar-refractivity contribution in [2.24, 2.45) is 5.92 Å². The molecule has 62 valence electrons. The van der Waals surface area contributed by atoms with E-state index in [0.717, 1.165) is 6.42 Å². The third kappa shape index (κ3) is 2.64. The minimum absolute atomic E-state index is 0.262. The first-order valence-electron chi connectivity index (χ1n) is 3.60. The van der Waals surface area contributed by atoms with Crippen molar-refractivity contribution in [3.05, 3.63) is 0 Å². The lowest BCUT2D eigenvalue weighted by Crippen LogP contribution is -2.39. The summed E-state index contributed by atoms with van der Waals surface area (Å²) in [6.45, 7) is 3.08. The number of hydrogen-bond donors (Lipinski definition) is 3. The molecule has 0 saturated heterocycles. The number of rotatable bonds is 4. The Morgan fingerprint density at radius 2 is 1.90 bits per heavy atom. The fraction of sp³-hybridized carbons (Fsp3) is 1.00. The second kappa shape index (κ2) is 3.91. The van der Waals surface area contributed by atoms with Gasteiger partial charge in [-0.25, -0.2) is 0 Å². The van der Waals surface area contributed by atoms with Crippen LogP contribution < -0.4 is 0 Å². The van der Waals surface area contributed by atoms with E-state index in [1.807, 2.05) is 6.92 Å². The average Bonchev–Trinajstić information content (AvgIpc) is 1.89. The van der Waals surface area contributed by atoms with Crippen molar-refractivity contribution >= 4 is 0 Å². The van der Waals surface area contributed by atoms with Crippen LogP contribution in [0.5, 0.6) is 0 Å². The smallest absolute Gasteiger partial charge is 0.189 e. The molecule has 1 atom stereocenters. The van der Waals surface area contributed by atoms with Crippen LogP contribution in [-0.2, 0) is 0 Å². The highest BCUT2D eigenvalue weighted by Crippen LogP contribution is 2.18. The van der Waals surface area contributed by atoms with Crippen LogP contribution in [0.25, 0.3) is 0 Å². The number of hydrogen-bond acceptors (Lipinski definition) is 3. The first-order chi connectivity index (χ1) is 4.54. The Balaban J connectivity index is 3.78. The van der Waals surface area contributed by atoms with Crippen LogP contribution in [0.4, 0.5) is 0 Å². The van der Waals surface area contributed by atoms with Crippen LogP contribution in [0, 0.1) is 5.92 Å². The van der Waals surface area contributed by atoms with Crippen molar-refractivity contribution in [2.45, 2.75) is 32.5 Å². The van der Waals surface area contributed by atoms with Gasteiger partial charge in [0.05, 0.1) is 6.61 Å². The molecule has 3 N–H and O–H groups in total. The lowest BCUT2D eigenvalue weighted by atomic mass is 9.97. The summed E-state index contributed by atoms with van der Waals surface area (Å²) in [6, 6.07) is 0. The van der Waals surface area contributed by atoms with Gasteiger partial charge in [0, 0.05) is 5.92 Å². The maximum atomic E-state index is 9.03. The van der Waals surface area contributed by atoms with Crippen molar-refractivity contribution < 1.29 is 15.3 Å². The Morgan fingerprint density at radius 3 is 2.20 bits per heavy atom. The maximum Gasteiger partial charge on any atom is 0.189 e. The van der Waals surface area contributed by atoms with Crippen LogP contribution in [0.1, 0.15) is 26.7 Å². The third-order valence-electron chi connectivity index (χ3n) is 1.74. The fourth-order valence-electron chi connectivity index (χ4n) is 0.820. The first kappa shape index (κ1) is 9.88. The highest BCUT2D eigenvalue weighted by atomic mass is 16.5. The summed E-state index contributed by atoms with van der Waals surface area (Å²) >= 11 is 0. The Bertz CT molecular complexity index is 90.9. The molecule has 0 saturated carbocycles. The molecular weight excluding hydrogens is 132 g/mol. The Morgan fingerprint density at radius 1 is 1.40 bits per heavy atom. The van der Waals surface area contributed by atoms with Gasteiger partial charge in [-0.15, -0.1) is 0 Å². The normalized spacial score (nSPS) is 15.3. The van der Waals surface area contributed by atoms with Gasteiger partial charge in [0.25, 0.3) is 0 Å². The summed E-state index contributed by atoms with van der Waals surface area (Å²) in [5.41, 5.74) is 0. The largest absolute Gasteiger partial charge is 0.391 e. The molecule has 0 amide bonds. The summed E-state index contributed by atoms with van der Waals surface area (Å²) in [5.74, 6) is -2.15. The molecule has 0 rings (SSSR count). The lowest BCUT2D eigenvalue weighted by Gasteiger charge is -2.25. The van der Waals surface area contributed by atoms with Gasteiger partial charge in [0.1, 0.15) is 0 Å². The molecule has 1 unspecified atom stereocenters. The van der Waals surface area contributed by atoms with Gasteiger partial charge in [-0.3, -0.25) is 0 Å². The van der Waals surface area contributed by atoms with E-state index >= 15 is 0 Å². The number of aliphatic hydroxyl groups excluding tert-OH is 1. The van der Waals surface area contributed by atoms with E-state index < -0.39 is 12.4 Å². The van der Waals surface area contributed by atoms with Crippen molar-refractivity contribution in [2.75, 3.05) is 6.61 Å². The summed E-state index contributed by atoms with van der Waals surface area (Å²) in [5, 5.41) is 26.5. The van der Waals surface area contributed by atoms with Crippen LogP contribution in [0.3, 0.4) is 0 Å². The van der Waals surface area contributed by atoms with Crippen molar-refractivity contribution in [1.29, 1.82) is 0 Å². The molecular formula is C7H16O3. The predicted molar refractivity (Wildman–Crippen MR) is 38.3 cm³/mol. The molecule has 0 aliphatic carbocycles. The van der Waals surface area contributed by atoms with Crippen LogP contribution in [0.15, 0.2) is 0 Å². The highest BCUT2D eigenvalue weighted by Gasteiger charge is 2.28. The summed E-state index contributed by atoms with van der Waals surface area (Å²) in [4.78, 5) is 0. The maximum absolute atomic E-state index is 9.03. The topological polar surface area (TPSA) is 60.7 Å². The van der Waals surface area contributed by atoms with E-state index in [-0.39, 0.29) is 5.92 Å². The summed E-state index contributed by atoms with van der Waals surface area (Å²) in [7, 11) is 0. The zero-order valence-electron chi connectivity index (χ0n) is 6.54. The van der Waals surface area contributed by atoms with Crippen molar-refractivity contribution in [3.8, 4) is 0 Å². The van der Waals surface area contributed by atoms with E-state index in [1.54, 1.807) is 6.92 Å². The summed E-state index contributed by atoms with van der Waals surface area (Å²) < 4.78 is 0. The minimum atomic E-state index is -1.89. The van der Waals surface area contributed by atoms with Crippen LogP contribution in [-0.4, -0.2) is 27.7 Å². The molecule has 0 aliphatic heterocycles. The molecule has 0 aliphatic rings. The van der Waals surface area contributed by atoms with Gasteiger partial charge < -0.3 is 15.3 Å². The van der Waals surface area contributed by atoms with Gasteiger partial charge in [0.2, 0.25) is 0 Å². The molecule has 0 spiro atoms. The quantitative estimate of drug-likeness (QED) is 0.495. The Kier molecular flexibility index (Phi) is 3.86. The monoisotopic (exact) mass is 148 g/mol. The standard InChI is InChI=1S/C7H16O3/c1-3-4-6(2)7(9,10)5-8/h6,8-10H,3-5H2,1-2H3. The molecule has 3 heteroatoms.